The molecule has 1 amide bonds. The summed E-state index contributed by atoms with van der Waals surface area (Å²) in [5.74, 6) is 0.575. The number of amides is 1. The molecule has 6 nitrogen and oxygen atoms in total. The summed E-state index contributed by atoms with van der Waals surface area (Å²) in [5, 5.41) is 0.485. The van der Waals surface area contributed by atoms with Crippen molar-refractivity contribution in [3.63, 3.8) is 0 Å². The van der Waals surface area contributed by atoms with Crippen molar-refractivity contribution < 1.29 is 17.9 Å². The molecule has 0 spiro atoms. The van der Waals surface area contributed by atoms with Crippen LogP contribution in [0.2, 0.25) is 10.0 Å². The number of carbonyl (C=O) groups is 1. The maximum Gasteiger partial charge on any atom is 0.253 e. The van der Waals surface area contributed by atoms with Gasteiger partial charge in [-0.1, -0.05) is 23.2 Å². The average molecular weight is 443 g/mol. The van der Waals surface area contributed by atoms with Gasteiger partial charge in [-0.05, 0) is 49.4 Å². The Morgan fingerprint density at radius 3 is 2.21 bits per heavy atom. The van der Waals surface area contributed by atoms with E-state index in [1.165, 1.54) is 22.5 Å². The van der Waals surface area contributed by atoms with E-state index in [-0.39, 0.29) is 28.9 Å². The van der Waals surface area contributed by atoms with Gasteiger partial charge in [0.05, 0.1) is 21.5 Å². The minimum Gasteiger partial charge on any atom is -0.494 e. The zero-order chi connectivity index (χ0) is 20.3. The second-order valence-corrected chi connectivity index (χ2v) is 8.98. The molecule has 1 saturated heterocycles. The third-order valence-corrected chi connectivity index (χ3v) is 7.10. The maximum atomic E-state index is 12.8. The van der Waals surface area contributed by atoms with Crippen LogP contribution < -0.4 is 4.74 Å². The lowest BCUT2D eigenvalue weighted by atomic mass is 10.2. The van der Waals surface area contributed by atoms with Gasteiger partial charge in [-0.2, -0.15) is 4.31 Å². The number of halogens is 2. The average Bonchev–Trinajstić information content (AvgIpc) is 2.70. The molecular weight excluding hydrogens is 423 g/mol. The van der Waals surface area contributed by atoms with Crippen molar-refractivity contribution in [2.75, 3.05) is 32.8 Å². The van der Waals surface area contributed by atoms with Gasteiger partial charge in [0.1, 0.15) is 5.75 Å². The van der Waals surface area contributed by atoms with Crippen molar-refractivity contribution in [3.8, 4) is 5.75 Å². The predicted octanol–water partition coefficient (Wildman–Crippen LogP) is 3.54. The fourth-order valence-electron chi connectivity index (χ4n) is 2.96. The number of piperazine rings is 1. The van der Waals surface area contributed by atoms with Crippen molar-refractivity contribution in [1.29, 1.82) is 0 Å². The van der Waals surface area contributed by atoms with Crippen LogP contribution in [0.1, 0.15) is 17.3 Å². The SMILES string of the molecule is CCOc1ccc(C(=O)N2CCN(S(=O)(=O)c3ccc(Cl)c(Cl)c3)CC2)cc1. The van der Waals surface area contributed by atoms with Gasteiger partial charge in [0.2, 0.25) is 10.0 Å². The molecule has 3 rings (SSSR count). The molecule has 0 unspecified atom stereocenters. The van der Waals surface area contributed by atoms with Gasteiger partial charge in [0.25, 0.3) is 5.91 Å². The molecule has 1 aliphatic rings. The number of rotatable bonds is 5. The topological polar surface area (TPSA) is 66.9 Å². The second-order valence-electron chi connectivity index (χ2n) is 6.23. The van der Waals surface area contributed by atoms with Crippen molar-refractivity contribution in [2.45, 2.75) is 11.8 Å². The number of ether oxygens (including phenoxy) is 1. The molecule has 9 heteroatoms. The smallest absolute Gasteiger partial charge is 0.253 e. The minimum absolute atomic E-state index is 0.0909. The van der Waals surface area contributed by atoms with Gasteiger partial charge >= 0.3 is 0 Å². The maximum absolute atomic E-state index is 12.8. The van der Waals surface area contributed by atoms with E-state index in [1.54, 1.807) is 29.2 Å². The first-order valence-electron chi connectivity index (χ1n) is 8.80. The summed E-state index contributed by atoms with van der Waals surface area (Å²) in [6.45, 7) is 3.50. The summed E-state index contributed by atoms with van der Waals surface area (Å²) in [6.07, 6.45) is 0. The number of benzene rings is 2. The van der Waals surface area contributed by atoms with E-state index in [0.717, 1.165) is 0 Å². The Morgan fingerprint density at radius 2 is 1.64 bits per heavy atom. The fourth-order valence-corrected chi connectivity index (χ4v) is 4.77. The van der Waals surface area contributed by atoms with Crippen LogP contribution in [0.25, 0.3) is 0 Å². The molecule has 0 atom stereocenters. The standard InChI is InChI=1S/C19H20Cl2N2O4S/c1-2-27-15-5-3-14(4-6-15)19(24)22-9-11-23(12-10-22)28(25,26)16-7-8-17(20)18(21)13-16/h3-8,13H,2,9-12H2,1H3. The first-order valence-corrected chi connectivity index (χ1v) is 11.0. The van der Waals surface area contributed by atoms with Crippen molar-refractivity contribution in [2.24, 2.45) is 0 Å². The highest BCUT2D eigenvalue weighted by molar-refractivity contribution is 7.89. The normalized spacial score (nSPS) is 15.5. The van der Waals surface area contributed by atoms with Crippen molar-refractivity contribution in [1.82, 2.24) is 9.21 Å². The summed E-state index contributed by atoms with van der Waals surface area (Å²) < 4.78 is 32.3. The summed E-state index contributed by atoms with van der Waals surface area (Å²) in [4.78, 5) is 14.4. The highest BCUT2D eigenvalue weighted by Crippen LogP contribution is 2.27. The lowest BCUT2D eigenvalue weighted by molar-refractivity contribution is 0.0698. The fraction of sp³-hybridized carbons (Fsp3) is 0.316. The number of carbonyl (C=O) groups excluding carboxylic acids is 1. The quantitative estimate of drug-likeness (QED) is 0.709. The predicted molar refractivity (Wildman–Crippen MR) is 109 cm³/mol. The molecule has 1 aliphatic heterocycles. The zero-order valence-electron chi connectivity index (χ0n) is 15.3. The first kappa shape index (κ1) is 20.9. The molecule has 1 fully saturated rings. The Morgan fingerprint density at radius 1 is 1.00 bits per heavy atom. The summed E-state index contributed by atoms with van der Waals surface area (Å²) in [6, 6.07) is 11.2. The Labute approximate surface area is 174 Å². The Balaban J connectivity index is 1.66. The van der Waals surface area contributed by atoms with E-state index in [4.69, 9.17) is 27.9 Å². The molecule has 0 saturated carbocycles. The van der Waals surface area contributed by atoms with Gasteiger partial charge < -0.3 is 9.64 Å². The van der Waals surface area contributed by atoms with E-state index in [1.807, 2.05) is 6.92 Å². The monoisotopic (exact) mass is 442 g/mol. The first-order chi connectivity index (χ1) is 13.3. The highest BCUT2D eigenvalue weighted by Gasteiger charge is 2.30. The number of hydrogen-bond acceptors (Lipinski definition) is 4. The molecule has 1 heterocycles. The van der Waals surface area contributed by atoms with Gasteiger partial charge in [-0.15, -0.1) is 0 Å². The zero-order valence-corrected chi connectivity index (χ0v) is 17.6. The van der Waals surface area contributed by atoms with Crippen molar-refractivity contribution >= 4 is 39.1 Å². The van der Waals surface area contributed by atoms with Gasteiger partial charge in [-0.25, -0.2) is 8.42 Å². The van der Waals surface area contributed by atoms with E-state index in [9.17, 15) is 13.2 Å². The van der Waals surface area contributed by atoms with Crippen LogP contribution in [0.5, 0.6) is 5.75 Å². The lowest BCUT2D eigenvalue weighted by Crippen LogP contribution is -2.50. The van der Waals surface area contributed by atoms with Gasteiger partial charge in [-0.3, -0.25) is 4.79 Å². The van der Waals surface area contributed by atoms with E-state index < -0.39 is 10.0 Å². The van der Waals surface area contributed by atoms with Crippen LogP contribution in [0.4, 0.5) is 0 Å². The molecule has 28 heavy (non-hydrogen) atoms. The molecule has 0 radical (unpaired) electrons. The Kier molecular flexibility index (Phi) is 6.50. The molecule has 2 aromatic carbocycles. The van der Waals surface area contributed by atoms with E-state index in [2.05, 4.69) is 0 Å². The van der Waals surface area contributed by atoms with E-state index >= 15 is 0 Å². The molecule has 150 valence electrons. The Hall–Kier alpha value is -1.80. The molecule has 0 aromatic heterocycles. The van der Waals surface area contributed by atoms with Crippen LogP contribution in [-0.2, 0) is 10.0 Å². The number of sulfonamides is 1. The highest BCUT2D eigenvalue weighted by atomic mass is 35.5. The largest absolute Gasteiger partial charge is 0.494 e. The summed E-state index contributed by atoms with van der Waals surface area (Å²) in [5.41, 5.74) is 0.546. The van der Waals surface area contributed by atoms with Crippen LogP contribution in [0.3, 0.4) is 0 Å². The van der Waals surface area contributed by atoms with Crippen LogP contribution >= 0.6 is 23.2 Å². The van der Waals surface area contributed by atoms with Crippen LogP contribution in [0.15, 0.2) is 47.4 Å². The lowest BCUT2D eigenvalue weighted by Gasteiger charge is -2.34. The van der Waals surface area contributed by atoms with Gasteiger partial charge in [0, 0.05) is 31.7 Å². The molecule has 0 N–H and O–H groups in total. The minimum atomic E-state index is -3.69. The number of nitrogens with zero attached hydrogens (tertiary/aromatic N) is 2. The third-order valence-electron chi connectivity index (χ3n) is 4.47. The van der Waals surface area contributed by atoms with Crippen LogP contribution in [-0.4, -0.2) is 56.3 Å². The second kappa shape index (κ2) is 8.69. The van der Waals surface area contributed by atoms with Gasteiger partial charge in [0.15, 0.2) is 0 Å². The van der Waals surface area contributed by atoms with Crippen molar-refractivity contribution in [3.05, 3.63) is 58.1 Å². The molecule has 2 aromatic rings. The summed E-state index contributed by atoms with van der Waals surface area (Å²) >= 11 is 11.8. The van der Waals surface area contributed by atoms with Crippen LogP contribution in [0, 0.1) is 0 Å². The summed E-state index contributed by atoms with van der Waals surface area (Å²) in [7, 11) is -3.69. The molecular formula is C19H20Cl2N2O4S. The number of hydrogen-bond donors (Lipinski definition) is 0. The third kappa shape index (κ3) is 4.43. The molecule has 0 aliphatic carbocycles. The van der Waals surface area contributed by atoms with E-state index in [0.29, 0.717) is 36.0 Å². The molecule has 0 bridgehead atoms. The Bertz CT molecular complexity index is 956.